The van der Waals surface area contributed by atoms with Gasteiger partial charge in [0.05, 0.1) is 16.5 Å². The number of amides is 1. The summed E-state index contributed by atoms with van der Waals surface area (Å²) in [6.07, 6.45) is 0. The second kappa shape index (κ2) is 7.11. The number of hydrogen-bond acceptors (Lipinski definition) is 5. The summed E-state index contributed by atoms with van der Waals surface area (Å²) >= 11 is 10.6. The van der Waals surface area contributed by atoms with Crippen LogP contribution in [0.25, 0.3) is 0 Å². The van der Waals surface area contributed by atoms with E-state index in [1.54, 1.807) is 24.3 Å². The molecule has 0 aliphatic heterocycles. The molecule has 0 fully saturated rings. The first-order valence-corrected chi connectivity index (χ1v) is 8.08. The molecule has 0 unspecified atom stereocenters. The second-order valence-corrected chi connectivity index (χ2v) is 6.44. The predicted octanol–water partition coefficient (Wildman–Crippen LogP) is 3.51. The van der Waals surface area contributed by atoms with Gasteiger partial charge in [-0.1, -0.05) is 39.3 Å². The zero-order chi connectivity index (χ0) is 15.4. The number of hydrogen-bond donors (Lipinski definition) is 2. The van der Waals surface area contributed by atoms with Crippen LogP contribution in [0.4, 0.5) is 11.5 Å². The summed E-state index contributed by atoms with van der Waals surface area (Å²) in [6.45, 7) is 1.82. The van der Waals surface area contributed by atoms with E-state index in [1.807, 2.05) is 6.92 Å². The van der Waals surface area contributed by atoms with Gasteiger partial charge in [0.2, 0.25) is 5.91 Å². The van der Waals surface area contributed by atoms with Crippen molar-refractivity contribution in [3.8, 4) is 0 Å². The van der Waals surface area contributed by atoms with Crippen molar-refractivity contribution in [1.29, 1.82) is 0 Å². The Labute approximate surface area is 139 Å². The SMILES string of the molecule is Cc1cc(N)nc(SCC(=O)Nc2ccc(Br)cc2Cl)n1. The Morgan fingerprint density at radius 3 is 2.86 bits per heavy atom. The Bertz CT molecular complexity index is 663. The summed E-state index contributed by atoms with van der Waals surface area (Å²) in [5.41, 5.74) is 6.97. The van der Waals surface area contributed by atoms with Crippen LogP contribution in [0.3, 0.4) is 0 Å². The average molecular weight is 388 g/mol. The van der Waals surface area contributed by atoms with E-state index in [-0.39, 0.29) is 11.7 Å². The number of nitrogens with two attached hydrogens (primary N) is 1. The molecule has 0 aliphatic carbocycles. The van der Waals surface area contributed by atoms with Crippen LogP contribution in [0.2, 0.25) is 5.02 Å². The predicted molar refractivity (Wildman–Crippen MR) is 89.7 cm³/mol. The number of benzene rings is 1. The number of halogens is 2. The summed E-state index contributed by atoms with van der Waals surface area (Å²) in [4.78, 5) is 20.2. The van der Waals surface area contributed by atoms with Gasteiger partial charge in [0.1, 0.15) is 5.82 Å². The number of anilines is 2. The third-order valence-corrected chi connectivity index (χ3v) is 4.04. The quantitative estimate of drug-likeness (QED) is 0.620. The smallest absolute Gasteiger partial charge is 0.234 e. The zero-order valence-corrected chi connectivity index (χ0v) is 14.2. The first-order valence-electron chi connectivity index (χ1n) is 5.93. The topological polar surface area (TPSA) is 80.9 Å². The number of carbonyl (C=O) groups excluding carboxylic acids is 1. The molecule has 0 saturated heterocycles. The highest BCUT2D eigenvalue weighted by Crippen LogP contribution is 2.26. The van der Waals surface area contributed by atoms with Crippen molar-refractivity contribution in [3.05, 3.63) is 39.5 Å². The van der Waals surface area contributed by atoms with E-state index in [4.69, 9.17) is 17.3 Å². The molecule has 0 spiro atoms. The first kappa shape index (κ1) is 16.1. The fourth-order valence-electron chi connectivity index (χ4n) is 1.54. The van der Waals surface area contributed by atoms with E-state index in [0.717, 1.165) is 10.2 Å². The van der Waals surface area contributed by atoms with Crippen molar-refractivity contribution < 1.29 is 4.79 Å². The number of aryl methyl sites for hydroxylation is 1. The Morgan fingerprint density at radius 2 is 2.19 bits per heavy atom. The highest BCUT2D eigenvalue weighted by molar-refractivity contribution is 9.10. The highest BCUT2D eigenvalue weighted by Gasteiger charge is 2.09. The molecule has 3 N–H and O–H groups in total. The van der Waals surface area contributed by atoms with Crippen LogP contribution in [0.15, 0.2) is 33.9 Å². The monoisotopic (exact) mass is 386 g/mol. The number of carbonyl (C=O) groups is 1. The molecule has 8 heteroatoms. The Balaban J connectivity index is 1.95. The number of thioether (sulfide) groups is 1. The lowest BCUT2D eigenvalue weighted by Crippen LogP contribution is -2.14. The van der Waals surface area contributed by atoms with Gasteiger partial charge in [0.15, 0.2) is 5.16 Å². The molecular formula is C13H12BrClN4OS. The Kier molecular flexibility index (Phi) is 5.44. The number of nitrogens with zero attached hydrogens (tertiary/aromatic N) is 2. The maximum absolute atomic E-state index is 11.9. The van der Waals surface area contributed by atoms with Crippen LogP contribution in [-0.4, -0.2) is 21.6 Å². The van der Waals surface area contributed by atoms with Crippen LogP contribution >= 0.6 is 39.3 Å². The van der Waals surface area contributed by atoms with Crippen LogP contribution in [0.5, 0.6) is 0 Å². The van der Waals surface area contributed by atoms with Crippen LogP contribution in [-0.2, 0) is 4.79 Å². The summed E-state index contributed by atoms with van der Waals surface area (Å²) < 4.78 is 0.850. The van der Waals surface area contributed by atoms with Crippen molar-refractivity contribution in [2.45, 2.75) is 12.1 Å². The van der Waals surface area contributed by atoms with Gasteiger partial charge in [0, 0.05) is 16.2 Å². The van der Waals surface area contributed by atoms with Crippen LogP contribution < -0.4 is 11.1 Å². The van der Waals surface area contributed by atoms with E-state index in [0.29, 0.717) is 21.7 Å². The van der Waals surface area contributed by atoms with Crippen molar-refractivity contribution >= 4 is 56.7 Å². The maximum Gasteiger partial charge on any atom is 0.234 e. The molecule has 1 aromatic carbocycles. The molecule has 0 aliphatic rings. The zero-order valence-electron chi connectivity index (χ0n) is 11.1. The molecule has 1 heterocycles. The summed E-state index contributed by atoms with van der Waals surface area (Å²) in [6, 6.07) is 6.93. The largest absolute Gasteiger partial charge is 0.384 e. The Hall–Kier alpha value is -1.31. The molecule has 0 bridgehead atoms. The molecule has 110 valence electrons. The maximum atomic E-state index is 11.9. The number of aromatic nitrogens is 2. The second-order valence-electron chi connectivity index (χ2n) is 4.18. The van der Waals surface area contributed by atoms with E-state index < -0.39 is 0 Å². The average Bonchev–Trinajstić information content (AvgIpc) is 2.39. The summed E-state index contributed by atoms with van der Waals surface area (Å²) in [5.74, 6) is 0.379. The lowest BCUT2D eigenvalue weighted by atomic mass is 10.3. The minimum atomic E-state index is -0.187. The molecule has 0 atom stereocenters. The van der Waals surface area contributed by atoms with Crippen molar-refractivity contribution in [2.24, 2.45) is 0 Å². The lowest BCUT2D eigenvalue weighted by molar-refractivity contribution is -0.113. The van der Waals surface area contributed by atoms with Crippen molar-refractivity contribution in [1.82, 2.24) is 9.97 Å². The molecule has 1 amide bonds. The van der Waals surface area contributed by atoms with E-state index >= 15 is 0 Å². The Morgan fingerprint density at radius 1 is 1.43 bits per heavy atom. The van der Waals surface area contributed by atoms with Gasteiger partial charge in [-0.15, -0.1) is 0 Å². The van der Waals surface area contributed by atoms with Gasteiger partial charge in [-0.05, 0) is 25.1 Å². The molecule has 1 aromatic heterocycles. The molecule has 21 heavy (non-hydrogen) atoms. The molecular weight excluding hydrogens is 376 g/mol. The third-order valence-electron chi connectivity index (χ3n) is 2.39. The van der Waals surface area contributed by atoms with Gasteiger partial charge in [-0.25, -0.2) is 9.97 Å². The van der Waals surface area contributed by atoms with Crippen molar-refractivity contribution in [2.75, 3.05) is 16.8 Å². The van der Waals surface area contributed by atoms with E-state index in [9.17, 15) is 4.79 Å². The van der Waals surface area contributed by atoms with Gasteiger partial charge in [0.25, 0.3) is 0 Å². The standard InChI is InChI=1S/C13H12BrClN4OS/c1-7-4-11(16)19-13(17-7)21-6-12(20)18-10-3-2-8(14)5-9(10)15/h2-5H,6H2,1H3,(H,18,20)(H2,16,17,19). The minimum absolute atomic E-state index is 0.176. The van der Waals surface area contributed by atoms with Gasteiger partial charge in [-0.3, -0.25) is 4.79 Å². The van der Waals surface area contributed by atoms with E-state index in [1.165, 1.54) is 11.8 Å². The van der Waals surface area contributed by atoms with E-state index in [2.05, 4.69) is 31.2 Å². The number of nitrogen functional groups attached to an aromatic ring is 1. The molecule has 0 saturated carbocycles. The third kappa shape index (κ3) is 4.87. The lowest BCUT2D eigenvalue weighted by Gasteiger charge is -2.07. The number of rotatable bonds is 4. The van der Waals surface area contributed by atoms with Gasteiger partial charge < -0.3 is 11.1 Å². The van der Waals surface area contributed by atoms with Gasteiger partial charge in [-0.2, -0.15) is 0 Å². The first-order chi connectivity index (χ1) is 9.94. The molecule has 5 nitrogen and oxygen atoms in total. The number of nitrogens with one attached hydrogen (secondary N) is 1. The molecule has 2 aromatic rings. The highest BCUT2D eigenvalue weighted by atomic mass is 79.9. The fraction of sp³-hybridized carbons (Fsp3) is 0.154. The van der Waals surface area contributed by atoms with Gasteiger partial charge >= 0.3 is 0 Å². The van der Waals surface area contributed by atoms with Crippen LogP contribution in [0.1, 0.15) is 5.69 Å². The summed E-state index contributed by atoms with van der Waals surface area (Å²) in [7, 11) is 0. The summed E-state index contributed by atoms with van der Waals surface area (Å²) in [5, 5.41) is 3.69. The molecule has 0 radical (unpaired) electrons. The molecule has 2 rings (SSSR count). The fourth-order valence-corrected chi connectivity index (χ4v) is 2.97. The van der Waals surface area contributed by atoms with Crippen LogP contribution in [0, 0.1) is 6.92 Å². The normalized spacial score (nSPS) is 10.4. The minimum Gasteiger partial charge on any atom is -0.384 e. The van der Waals surface area contributed by atoms with Crippen molar-refractivity contribution in [3.63, 3.8) is 0 Å².